The maximum absolute atomic E-state index is 6.17. The Morgan fingerprint density at radius 2 is 2.06 bits per heavy atom. The molecule has 106 valence electrons. The molecule has 2 heterocycles. The van der Waals surface area contributed by atoms with E-state index in [1.807, 2.05) is 12.1 Å². The van der Waals surface area contributed by atoms with Crippen molar-refractivity contribution in [3.05, 3.63) is 0 Å². The fraction of sp³-hybridized carbons (Fsp3) is 1.00. The molecule has 2 aliphatic heterocycles. The van der Waals surface area contributed by atoms with Gasteiger partial charge in [0.05, 0.1) is 13.2 Å². The van der Waals surface area contributed by atoms with E-state index >= 15 is 0 Å². The number of hydrogen-bond acceptors (Lipinski definition) is 5. The number of hydrazine groups is 1. The van der Waals surface area contributed by atoms with E-state index < -0.39 is 0 Å². The number of rotatable bonds is 8. The summed E-state index contributed by atoms with van der Waals surface area (Å²) in [6.07, 6.45) is 2.33. The summed E-state index contributed by atoms with van der Waals surface area (Å²) >= 11 is 0. The Balaban J connectivity index is 1.72. The van der Waals surface area contributed by atoms with Crippen molar-refractivity contribution in [3.8, 4) is 0 Å². The van der Waals surface area contributed by atoms with Gasteiger partial charge in [-0.3, -0.25) is 5.84 Å². The van der Waals surface area contributed by atoms with E-state index in [0.29, 0.717) is 10.8 Å². The highest BCUT2D eigenvalue weighted by Crippen LogP contribution is 2.32. The van der Waals surface area contributed by atoms with Crippen molar-refractivity contribution in [1.82, 2.24) is 15.6 Å². The van der Waals surface area contributed by atoms with Gasteiger partial charge < -0.3 is 15.4 Å². The van der Waals surface area contributed by atoms with Gasteiger partial charge in [0, 0.05) is 43.6 Å². The lowest BCUT2D eigenvalue weighted by Crippen LogP contribution is -2.60. The highest BCUT2D eigenvalue weighted by Gasteiger charge is 2.39. The average molecular weight is 256 g/mol. The largest absolute Gasteiger partial charge is 0.380 e. The van der Waals surface area contributed by atoms with Crippen LogP contribution in [0.25, 0.3) is 0 Å². The zero-order valence-electron chi connectivity index (χ0n) is 11.8. The highest BCUT2D eigenvalue weighted by molar-refractivity contribution is 4.93. The van der Waals surface area contributed by atoms with Crippen molar-refractivity contribution >= 4 is 0 Å². The van der Waals surface area contributed by atoms with Crippen molar-refractivity contribution in [1.29, 1.82) is 0 Å². The van der Waals surface area contributed by atoms with Crippen molar-refractivity contribution in [2.75, 3.05) is 53.0 Å². The number of nitrogens with one attached hydrogen (secondary N) is 2. The van der Waals surface area contributed by atoms with E-state index in [2.05, 4.69) is 17.6 Å². The normalized spacial score (nSPS) is 24.7. The van der Waals surface area contributed by atoms with Crippen LogP contribution in [-0.2, 0) is 4.74 Å². The molecule has 0 aromatic heterocycles. The van der Waals surface area contributed by atoms with Gasteiger partial charge in [-0.1, -0.05) is 6.92 Å². The number of nitrogens with two attached hydrogens (primary N) is 1. The summed E-state index contributed by atoms with van der Waals surface area (Å²) in [5.41, 5.74) is 0.741. The molecule has 0 atom stereocenters. The first-order valence-corrected chi connectivity index (χ1v) is 7.06. The van der Waals surface area contributed by atoms with Gasteiger partial charge in [0.2, 0.25) is 0 Å². The molecule has 2 rings (SSSR count). The van der Waals surface area contributed by atoms with Gasteiger partial charge in [-0.25, -0.2) is 5.01 Å². The van der Waals surface area contributed by atoms with E-state index in [-0.39, 0.29) is 0 Å². The van der Waals surface area contributed by atoms with Crippen LogP contribution < -0.4 is 16.5 Å². The third-order valence-corrected chi connectivity index (χ3v) is 4.59. The van der Waals surface area contributed by atoms with Crippen LogP contribution in [0.1, 0.15) is 19.8 Å². The van der Waals surface area contributed by atoms with Crippen LogP contribution in [0.15, 0.2) is 0 Å². The molecule has 0 amide bonds. The average Bonchev–Trinajstić information content (AvgIpc) is 2.27. The molecule has 0 saturated carbocycles. The lowest BCUT2D eigenvalue weighted by atomic mass is 9.78. The second-order valence-corrected chi connectivity index (χ2v) is 6.20. The molecule has 0 aromatic rings. The van der Waals surface area contributed by atoms with Crippen LogP contribution >= 0.6 is 0 Å². The minimum atomic E-state index is 0.323. The summed E-state index contributed by atoms with van der Waals surface area (Å²) in [5, 5.41) is 8.64. The van der Waals surface area contributed by atoms with Crippen LogP contribution in [0.4, 0.5) is 0 Å². The molecule has 0 unspecified atom stereocenters. The number of hydrogen-bond donors (Lipinski definition) is 3. The van der Waals surface area contributed by atoms with Gasteiger partial charge in [0.25, 0.3) is 0 Å². The molecule has 5 heteroatoms. The van der Waals surface area contributed by atoms with Crippen LogP contribution in [0, 0.1) is 10.8 Å². The van der Waals surface area contributed by atoms with Crippen LogP contribution in [0.5, 0.6) is 0 Å². The minimum absolute atomic E-state index is 0.323. The lowest BCUT2D eigenvalue weighted by molar-refractivity contribution is -0.118. The highest BCUT2D eigenvalue weighted by atomic mass is 16.5. The fourth-order valence-electron chi connectivity index (χ4n) is 2.94. The Kier molecular flexibility index (Phi) is 4.61. The Hall–Kier alpha value is -0.200. The van der Waals surface area contributed by atoms with Gasteiger partial charge in [0.1, 0.15) is 0 Å². The molecule has 0 bridgehead atoms. The minimum Gasteiger partial charge on any atom is -0.380 e. The molecular formula is C13H28N4O. The zero-order valence-corrected chi connectivity index (χ0v) is 11.8. The Bertz CT molecular complexity index is 258. The summed E-state index contributed by atoms with van der Waals surface area (Å²) in [5.74, 6) is 6.17. The first-order valence-electron chi connectivity index (χ1n) is 7.06. The van der Waals surface area contributed by atoms with Crippen molar-refractivity contribution in [2.24, 2.45) is 16.7 Å². The van der Waals surface area contributed by atoms with Gasteiger partial charge in [0.15, 0.2) is 0 Å². The van der Waals surface area contributed by atoms with Crippen LogP contribution in [-0.4, -0.2) is 58.0 Å². The molecule has 0 radical (unpaired) electrons. The quantitative estimate of drug-likeness (QED) is 0.414. The molecule has 2 fully saturated rings. The summed E-state index contributed by atoms with van der Waals surface area (Å²) in [6.45, 7) is 9.24. The second-order valence-electron chi connectivity index (χ2n) is 6.20. The standard InChI is InChI=1S/C13H28N4O/c1-3-12(7-16-8-12)9-17(14)5-4-13(6-15-2)10-18-11-13/h15-16H,3-11,14H2,1-2H3. The first kappa shape index (κ1) is 14.2. The SMILES string of the molecule is CCC1(CN(N)CCC2(CNC)COC2)CNC1. The van der Waals surface area contributed by atoms with E-state index in [0.717, 1.165) is 52.4 Å². The monoisotopic (exact) mass is 256 g/mol. The molecule has 5 nitrogen and oxygen atoms in total. The maximum Gasteiger partial charge on any atom is 0.0557 e. The summed E-state index contributed by atoms with van der Waals surface area (Å²) in [4.78, 5) is 0. The van der Waals surface area contributed by atoms with Gasteiger partial charge in [-0.05, 0) is 19.9 Å². The third kappa shape index (κ3) is 3.03. The van der Waals surface area contributed by atoms with E-state index in [1.54, 1.807) is 0 Å². The Labute approximate surface area is 110 Å². The second kappa shape index (κ2) is 5.84. The Morgan fingerprint density at radius 1 is 1.33 bits per heavy atom. The molecule has 2 saturated heterocycles. The first-order chi connectivity index (χ1) is 8.64. The molecule has 0 aromatic carbocycles. The molecule has 0 spiro atoms. The molecule has 2 aliphatic rings. The van der Waals surface area contributed by atoms with Crippen molar-refractivity contribution in [2.45, 2.75) is 19.8 Å². The van der Waals surface area contributed by atoms with E-state index in [9.17, 15) is 0 Å². The van der Waals surface area contributed by atoms with Gasteiger partial charge >= 0.3 is 0 Å². The number of nitrogens with zero attached hydrogens (tertiary/aromatic N) is 1. The summed E-state index contributed by atoms with van der Waals surface area (Å²) < 4.78 is 5.37. The molecule has 18 heavy (non-hydrogen) atoms. The van der Waals surface area contributed by atoms with Gasteiger partial charge in [-0.15, -0.1) is 0 Å². The van der Waals surface area contributed by atoms with Crippen molar-refractivity contribution < 1.29 is 4.74 Å². The lowest BCUT2D eigenvalue weighted by Gasteiger charge is -2.46. The molecular weight excluding hydrogens is 228 g/mol. The van der Waals surface area contributed by atoms with Crippen LogP contribution in [0.3, 0.4) is 0 Å². The molecule has 0 aliphatic carbocycles. The zero-order chi connectivity index (χ0) is 13.1. The smallest absolute Gasteiger partial charge is 0.0557 e. The van der Waals surface area contributed by atoms with Gasteiger partial charge in [-0.2, -0.15) is 0 Å². The maximum atomic E-state index is 6.17. The predicted molar refractivity (Wildman–Crippen MR) is 73.1 cm³/mol. The van der Waals surface area contributed by atoms with Crippen LogP contribution in [0.2, 0.25) is 0 Å². The van der Waals surface area contributed by atoms with E-state index in [4.69, 9.17) is 10.6 Å². The topological polar surface area (TPSA) is 62.5 Å². The number of ether oxygens (including phenoxy) is 1. The predicted octanol–water partition coefficient (Wildman–Crippen LogP) is -0.212. The summed E-state index contributed by atoms with van der Waals surface area (Å²) in [6, 6.07) is 0. The third-order valence-electron chi connectivity index (χ3n) is 4.59. The fourth-order valence-corrected chi connectivity index (χ4v) is 2.94. The van der Waals surface area contributed by atoms with Crippen molar-refractivity contribution in [3.63, 3.8) is 0 Å². The Morgan fingerprint density at radius 3 is 2.44 bits per heavy atom. The van der Waals surface area contributed by atoms with E-state index in [1.165, 1.54) is 6.42 Å². The summed E-state index contributed by atoms with van der Waals surface area (Å²) in [7, 11) is 2.01. The molecule has 4 N–H and O–H groups in total.